The molecule has 2 atom stereocenters. The van der Waals surface area contributed by atoms with Gasteiger partial charge in [-0.05, 0) is 55.7 Å². The van der Waals surface area contributed by atoms with E-state index in [2.05, 4.69) is 11.1 Å². The molecule has 2 unspecified atom stereocenters. The predicted molar refractivity (Wildman–Crippen MR) is 97.4 cm³/mol. The van der Waals surface area contributed by atoms with Gasteiger partial charge in [-0.2, -0.15) is 5.90 Å². The molecule has 1 aliphatic rings. The molecule has 1 aromatic heterocycles. The number of nitrogens with zero attached hydrogens (tertiary/aromatic N) is 1. The van der Waals surface area contributed by atoms with Crippen LogP contribution in [0.5, 0.6) is 5.75 Å². The summed E-state index contributed by atoms with van der Waals surface area (Å²) in [6.45, 7) is 4.05. The first-order valence-electron chi connectivity index (χ1n) is 7.99. The van der Waals surface area contributed by atoms with Crippen molar-refractivity contribution in [2.75, 3.05) is 0 Å². The number of nitrogens with two attached hydrogens (primary N) is 1. The summed E-state index contributed by atoms with van der Waals surface area (Å²) in [5.41, 5.74) is 2.97. The van der Waals surface area contributed by atoms with Crippen LogP contribution < -0.4 is 16.2 Å². The van der Waals surface area contributed by atoms with Gasteiger partial charge < -0.3 is 14.2 Å². The van der Waals surface area contributed by atoms with Crippen LogP contribution in [-0.4, -0.2) is 24.3 Å². The minimum absolute atomic E-state index is 0.0935. The second-order valence-electron chi connectivity index (χ2n) is 5.96. The number of hydrogen-bond acceptors (Lipinski definition) is 7. The van der Waals surface area contributed by atoms with Crippen LogP contribution in [0.15, 0.2) is 42.5 Å². The molecule has 6 nitrogen and oxygen atoms in total. The van der Waals surface area contributed by atoms with Crippen LogP contribution in [0.1, 0.15) is 13.8 Å². The van der Waals surface area contributed by atoms with Crippen molar-refractivity contribution in [2.45, 2.75) is 26.1 Å². The third-order valence-corrected chi connectivity index (χ3v) is 5.34. The molecule has 1 aliphatic heterocycles. The molecule has 3 aromatic rings. The number of benzene rings is 2. The molecule has 1 fully saturated rings. The van der Waals surface area contributed by atoms with Gasteiger partial charge in [0.1, 0.15) is 5.01 Å². The minimum Gasteiger partial charge on any atom is -0.402 e. The molecule has 1 saturated heterocycles. The highest BCUT2D eigenvalue weighted by atomic mass is 32.1. The summed E-state index contributed by atoms with van der Waals surface area (Å²) < 4.78 is 12.8. The molecule has 25 heavy (non-hydrogen) atoms. The molecule has 0 bridgehead atoms. The largest absolute Gasteiger partial charge is 0.494 e. The zero-order chi connectivity index (χ0) is 17.4. The summed E-state index contributed by atoms with van der Waals surface area (Å²) in [5, 5.41) is 0.933. The van der Waals surface area contributed by atoms with Gasteiger partial charge in [-0.1, -0.05) is 11.1 Å². The highest BCUT2D eigenvalue weighted by molar-refractivity contribution is 7.21. The molecule has 0 saturated carbocycles. The fourth-order valence-corrected chi connectivity index (χ4v) is 3.74. The molecule has 0 aliphatic carbocycles. The first kappa shape index (κ1) is 16.5. The minimum atomic E-state index is -0.312. The van der Waals surface area contributed by atoms with Crippen LogP contribution in [0.4, 0.5) is 0 Å². The lowest BCUT2D eigenvalue weighted by molar-refractivity contribution is -0.211. The highest BCUT2D eigenvalue weighted by Crippen LogP contribution is 2.31. The molecule has 0 radical (unpaired) electrons. The molecule has 2 aromatic carbocycles. The van der Waals surface area contributed by atoms with Crippen molar-refractivity contribution < 1.29 is 19.2 Å². The zero-order valence-electron chi connectivity index (χ0n) is 13.8. The number of fused-ring (bicyclic) bond motifs is 1. The van der Waals surface area contributed by atoms with E-state index in [9.17, 15) is 0 Å². The Balaban J connectivity index is 1.62. The Morgan fingerprint density at radius 1 is 1.08 bits per heavy atom. The molecule has 8 heteroatoms. The molecule has 128 valence electrons. The van der Waals surface area contributed by atoms with Gasteiger partial charge in [0.2, 0.25) is 0 Å². The Labute approximate surface area is 149 Å². The van der Waals surface area contributed by atoms with E-state index in [1.807, 2.05) is 38.1 Å². The standard InChI is InChI=1S/C17H17BN2O4S/c1-10-11(2)22-18(21-10)13-5-8-15-16(9-13)25-17(20-15)12-3-6-14(7-4-12)23-24-19/h3-11H,19H2,1-2H3. The average Bonchev–Trinajstić information content (AvgIpc) is 3.19. The van der Waals surface area contributed by atoms with Crippen LogP contribution in [0.3, 0.4) is 0 Å². The maximum Gasteiger partial charge on any atom is 0.494 e. The van der Waals surface area contributed by atoms with Gasteiger partial charge in [-0.3, -0.25) is 0 Å². The zero-order valence-corrected chi connectivity index (χ0v) is 14.7. The predicted octanol–water partition coefficient (Wildman–Crippen LogP) is 2.67. The Bertz CT molecular complexity index is 876. The molecule has 2 heterocycles. The van der Waals surface area contributed by atoms with Gasteiger partial charge in [-0.25, -0.2) is 4.98 Å². The van der Waals surface area contributed by atoms with E-state index in [0.717, 1.165) is 26.3 Å². The molecule has 2 N–H and O–H groups in total. The maximum atomic E-state index is 5.86. The maximum absolute atomic E-state index is 5.86. The van der Waals surface area contributed by atoms with Crippen LogP contribution >= 0.6 is 11.3 Å². The number of thiazole rings is 1. The number of hydrogen-bond donors (Lipinski definition) is 1. The monoisotopic (exact) mass is 356 g/mol. The Kier molecular flexibility index (Phi) is 4.45. The van der Waals surface area contributed by atoms with Crippen molar-refractivity contribution in [3.05, 3.63) is 42.5 Å². The molecular weight excluding hydrogens is 339 g/mol. The van der Waals surface area contributed by atoms with Gasteiger partial charge in [-0.15, -0.1) is 11.3 Å². The summed E-state index contributed by atoms with van der Waals surface area (Å²) in [6.07, 6.45) is 0.187. The van der Waals surface area contributed by atoms with Crippen LogP contribution in [0.25, 0.3) is 20.8 Å². The smallest absolute Gasteiger partial charge is 0.402 e. The number of rotatable bonds is 4. The van der Waals surface area contributed by atoms with Gasteiger partial charge in [0.25, 0.3) is 0 Å². The molecule has 0 spiro atoms. The van der Waals surface area contributed by atoms with Crippen molar-refractivity contribution in [1.29, 1.82) is 0 Å². The Morgan fingerprint density at radius 2 is 1.80 bits per heavy atom. The van der Waals surface area contributed by atoms with Crippen LogP contribution in [0, 0.1) is 0 Å². The summed E-state index contributed by atoms with van der Waals surface area (Å²) in [5.74, 6) is 5.43. The molecular formula is C17H17BN2O4S. The fraction of sp³-hybridized carbons (Fsp3) is 0.235. The van der Waals surface area contributed by atoms with Gasteiger partial charge >= 0.3 is 7.12 Å². The molecule has 4 rings (SSSR count). The summed E-state index contributed by atoms with van der Waals surface area (Å²) in [6, 6.07) is 13.5. The lowest BCUT2D eigenvalue weighted by Gasteiger charge is -2.04. The molecule has 0 amide bonds. The van der Waals surface area contributed by atoms with E-state index >= 15 is 0 Å². The van der Waals surface area contributed by atoms with Crippen LogP contribution in [-0.2, 0) is 14.3 Å². The topological polar surface area (TPSA) is 75.8 Å². The first-order chi connectivity index (χ1) is 12.1. The SMILES string of the molecule is CC1OB(c2ccc3nc(-c4ccc(OON)cc4)sc3c2)OC1C. The van der Waals surface area contributed by atoms with Crippen molar-refractivity contribution in [1.82, 2.24) is 4.98 Å². The summed E-state index contributed by atoms with van der Waals surface area (Å²) in [4.78, 5) is 13.6. The highest BCUT2D eigenvalue weighted by Gasteiger charge is 2.36. The van der Waals surface area contributed by atoms with Crippen molar-refractivity contribution in [3.8, 4) is 16.3 Å². The van der Waals surface area contributed by atoms with E-state index in [-0.39, 0.29) is 19.3 Å². The Morgan fingerprint density at radius 3 is 2.48 bits per heavy atom. The normalized spacial score (nSPS) is 20.4. The lowest BCUT2D eigenvalue weighted by Crippen LogP contribution is -2.32. The van der Waals surface area contributed by atoms with E-state index in [0.29, 0.717) is 5.75 Å². The van der Waals surface area contributed by atoms with Gasteiger partial charge in [0, 0.05) is 5.56 Å². The first-order valence-corrected chi connectivity index (χ1v) is 8.81. The van der Waals surface area contributed by atoms with E-state index < -0.39 is 0 Å². The Hall–Kier alpha value is -1.97. The van der Waals surface area contributed by atoms with E-state index in [1.165, 1.54) is 0 Å². The number of aromatic nitrogens is 1. The van der Waals surface area contributed by atoms with E-state index in [4.69, 9.17) is 25.1 Å². The van der Waals surface area contributed by atoms with Crippen molar-refractivity contribution >= 4 is 34.1 Å². The van der Waals surface area contributed by atoms with Gasteiger partial charge in [0.05, 0.1) is 22.4 Å². The second kappa shape index (κ2) is 6.74. The average molecular weight is 356 g/mol. The second-order valence-corrected chi connectivity index (χ2v) is 7.00. The fourth-order valence-electron chi connectivity index (χ4n) is 2.72. The summed E-state index contributed by atoms with van der Waals surface area (Å²) in [7, 11) is -0.312. The third-order valence-electron chi connectivity index (χ3n) is 4.27. The summed E-state index contributed by atoms with van der Waals surface area (Å²) >= 11 is 1.63. The van der Waals surface area contributed by atoms with Crippen molar-refractivity contribution in [3.63, 3.8) is 0 Å². The third kappa shape index (κ3) is 3.27. The van der Waals surface area contributed by atoms with Gasteiger partial charge in [0.15, 0.2) is 5.75 Å². The van der Waals surface area contributed by atoms with Crippen LogP contribution in [0.2, 0.25) is 0 Å². The van der Waals surface area contributed by atoms with E-state index in [1.54, 1.807) is 23.5 Å². The quantitative estimate of drug-likeness (QED) is 0.440. The lowest BCUT2D eigenvalue weighted by atomic mass is 9.79. The van der Waals surface area contributed by atoms with Crippen molar-refractivity contribution in [2.24, 2.45) is 5.90 Å².